The van der Waals surface area contributed by atoms with Crippen molar-refractivity contribution in [3.05, 3.63) is 52.7 Å². The number of anilines is 1. The average molecular weight is 394 g/mol. The van der Waals surface area contributed by atoms with E-state index in [9.17, 15) is 4.79 Å². The Morgan fingerprint density at radius 1 is 1.31 bits per heavy atom. The highest BCUT2D eigenvalue weighted by atomic mass is 35.5. The molecule has 1 aliphatic rings. The molecule has 1 aromatic heterocycles. The number of furan rings is 1. The Balaban J connectivity index is 1.39. The van der Waals surface area contributed by atoms with Gasteiger partial charge in [-0.2, -0.15) is 5.10 Å². The van der Waals surface area contributed by atoms with Gasteiger partial charge in [-0.15, -0.1) is 11.8 Å². The SMILES string of the molecule is O=C(CSCc1cccc(Cl)c1)N/N=C\c1ccc(N2CCOCC2)o1. The summed E-state index contributed by atoms with van der Waals surface area (Å²) in [6, 6.07) is 11.3. The average Bonchev–Trinajstić information content (AvgIpc) is 3.11. The van der Waals surface area contributed by atoms with Crippen LogP contribution in [-0.2, 0) is 15.3 Å². The van der Waals surface area contributed by atoms with Crippen LogP contribution >= 0.6 is 23.4 Å². The molecule has 1 amide bonds. The molecule has 6 nitrogen and oxygen atoms in total. The predicted octanol–water partition coefficient (Wildman–Crippen LogP) is 3.15. The van der Waals surface area contributed by atoms with Gasteiger partial charge in [-0.05, 0) is 23.8 Å². The van der Waals surface area contributed by atoms with Gasteiger partial charge in [0.15, 0.2) is 5.88 Å². The molecule has 1 saturated heterocycles. The number of halogens is 1. The number of thioether (sulfide) groups is 1. The molecule has 2 aromatic rings. The Bertz CT molecular complexity index is 760. The molecule has 0 unspecified atom stereocenters. The lowest BCUT2D eigenvalue weighted by molar-refractivity contribution is -0.118. The minimum Gasteiger partial charge on any atom is -0.440 e. The van der Waals surface area contributed by atoms with E-state index >= 15 is 0 Å². The smallest absolute Gasteiger partial charge is 0.250 e. The van der Waals surface area contributed by atoms with Gasteiger partial charge in [0.05, 0.1) is 25.2 Å². The topological polar surface area (TPSA) is 67.1 Å². The van der Waals surface area contributed by atoms with Gasteiger partial charge in [-0.1, -0.05) is 23.7 Å². The second kappa shape index (κ2) is 9.66. The Kier molecular flexibility index (Phi) is 6.99. The molecule has 0 saturated carbocycles. The van der Waals surface area contributed by atoms with Gasteiger partial charge in [0, 0.05) is 29.9 Å². The van der Waals surface area contributed by atoms with E-state index in [0.29, 0.717) is 29.7 Å². The summed E-state index contributed by atoms with van der Waals surface area (Å²) >= 11 is 7.44. The van der Waals surface area contributed by atoms with Crippen LogP contribution in [0.15, 0.2) is 45.9 Å². The fourth-order valence-electron chi connectivity index (χ4n) is 2.45. The normalized spacial score (nSPS) is 14.7. The van der Waals surface area contributed by atoms with Gasteiger partial charge in [0.25, 0.3) is 0 Å². The van der Waals surface area contributed by atoms with Crippen LogP contribution in [0.5, 0.6) is 0 Å². The van der Waals surface area contributed by atoms with Crippen LogP contribution in [-0.4, -0.2) is 44.2 Å². The van der Waals surface area contributed by atoms with Crippen molar-refractivity contribution in [2.24, 2.45) is 5.10 Å². The number of hydrogen-bond donors (Lipinski definition) is 1. The van der Waals surface area contributed by atoms with Crippen molar-refractivity contribution in [1.29, 1.82) is 0 Å². The van der Waals surface area contributed by atoms with Gasteiger partial charge in [0.1, 0.15) is 5.76 Å². The third-order valence-electron chi connectivity index (χ3n) is 3.71. The minimum atomic E-state index is -0.159. The second-order valence-electron chi connectivity index (χ2n) is 5.69. The first-order valence-electron chi connectivity index (χ1n) is 8.27. The number of hydrogen-bond acceptors (Lipinski definition) is 6. The number of nitrogens with one attached hydrogen (secondary N) is 1. The van der Waals surface area contributed by atoms with Crippen LogP contribution in [0.4, 0.5) is 5.88 Å². The highest BCUT2D eigenvalue weighted by molar-refractivity contribution is 7.99. The van der Waals surface area contributed by atoms with Crippen LogP contribution < -0.4 is 10.3 Å². The van der Waals surface area contributed by atoms with E-state index < -0.39 is 0 Å². The van der Waals surface area contributed by atoms with Crippen molar-refractivity contribution in [1.82, 2.24) is 5.43 Å². The maximum atomic E-state index is 11.8. The Labute approximate surface area is 161 Å². The first kappa shape index (κ1) is 18.8. The van der Waals surface area contributed by atoms with E-state index in [1.807, 2.05) is 36.4 Å². The number of nitrogens with zero attached hydrogens (tertiary/aromatic N) is 2. The highest BCUT2D eigenvalue weighted by Gasteiger charge is 2.14. The minimum absolute atomic E-state index is 0.159. The summed E-state index contributed by atoms with van der Waals surface area (Å²) in [5.41, 5.74) is 3.60. The standard InChI is InChI=1S/C18H20ClN3O3S/c19-15-3-1-2-14(10-15)12-26-13-17(23)21-20-11-16-4-5-18(25-16)22-6-8-24-9-7-22/h1-5,10-11H,6-9,12-13H2,(H,21,23)/b20-11-. The van der Waals surface area contributed by atoms with E-state index in [0.717, 1.165) is 30.3 Å². The van der Waals surface area contributed by atoms with Crippen LogP contribution in [0.3, 0.4) is 0 Å². The number of amides is 1. The van der Waals surface area contributed by atoms with Crippen molar-refractivity contribution in [3.63, 3.8) is 0 Å². The van der Waals surface area contributed by atoms with Crippen LogP contribution in [0, 0.1) is 0 Å². The third-order valence-corrected chi connectivity index (χ3v) is 4.95. The number of ether oxygens (including phenoxy) is 1. The summed E-state index contributed by atoms with van der Waals surface area (Å²) in [6.07, 6.45) is 1.50. The van der Waals surface area contributed by atoms with Crippen molar-refractivity contribution in [3.8, 4) is 0 Å². The van der Waals surface area contributed by atoms with Gasteiger partial charge < -0.3 is 14.1 Å². The number of carbonyl (C=O) groups is 1. The Morgan fingerprint density at radius 3 is 2.96 bits per heavy atom. The monoisotopic (exact) mass is 393 g/mol. The fourth-order valence-corrected chi connectivity index (χ4v) is 3.43. The first-order chi connectivity index (χ1) is 12.7. The molecule has 1 N–H and O–H groups in total. The lowest BCUT2D eigenvalue weighted by atomic mass is 10.2. The summed E-state index contributed by atoms with van der Waals surface area (Å²) in [5.74, 6) is 2.27. The van der Waals surface area contributed by atoms with Crippen molar-refractivity contribution < 1.29 is 13.9 Å². The number of rotatable bonds is 7. The quantitative estimate of drug-likeness (QED) is 0.578. The highest BCUT2D eigenvalue weighted by Crippen LogP contribution is 2.19. The largest absolute Gasteiger partial charge is 0.440 e. The van der Waals surface area contributed by atoms with Crippen molar-refractivity contribution in [2.45, 2.75) is 5.75 Å². The van der Waals surface area contributed by atoms with Gasteiger partial charge in [0.2, 0.25) is 5.91 Å². The molecule has 0 aliphatic carbocycles. The molecule has 138 valence electrons. The summed E-state index contributed by atoms with van der Waals surface area (Å²) < 4.78 is 11.0. The van der Waals surface area contributed by atoms with Gasteiger partial charge >= 0.3 is 0 Å². The van der Waals surface area contributed by atoms with Crippen LogP contribution in [0.2, 0.25) is 5.02 Å². The molecule has 1 aliphatic heterocycles. The first-order valence-corrected chi connectivity index (χ1v) is 9.80. The van der Waals surface area contributed by atoms with Crippen molar-refractivity contribution in [2.75, 3.05) is 37.0 Å². The molecule has 0 radical (unpaired) electrons. The van der Waals surface area contributed by atoms with E-state index in [4.69, 9.17) is 20.8 Å². The lowest BCUT2D eigenvalue weighted by Gasteiger charge is -2.26. The third kappa shape index (κ3) is 5.79. The van der Waals surface area contributed by atoms with E-state index in [1.54, 1.807) is 0 Å². The zero-order valence-electron chi connectivity index (χ0n) is 14.2. The zero-order valence-corrected chi connectivity index (χ0v) is 15.8. The number of benzene rings is 1. The number of carbonyl (C=O) groups excluding carboxylic acids is 1. The van der Waals surface area contributed by atoms with E-state index in [-0.39, 0.29) is 5.91 Å². The molecular weight excluding hydrogens is 374 g/mol. The molecule has 0 spiro atoms. The second-order valence-corrected chi connectivity index (χ2v) is 7.11. The molecule has 2 heterocycles. The number of morpholine rings is 1. The molecular formula is C18H20ClN3O3S. The van der Waals surface area contributed by atoms with E-state index in [1.165, 1.54) is 18.0 Å². The molecule has 1 fully saturated rings. The molecule has 8 heteroatoms. The van der Waals surface area contributed by atoms with E-state index in [2.05, 4.69) is 15.4 Å². The summed E-state index contributed by atoms with van der Waals surface area (Å²) in [7, 11) is 0. The molecule has 0 bridgehead atoms. The number of hydrazone groups is 1. The fraction of sp³-hybridized carbons (Fsp3) is 0.333. The Hall–Kier alpha value is -1.96. The Morgan fingerprint density at radius 2 is 2.15 bits per heavy atom. The van der Waals surface area contributed by atoms with Gasteiger partial charge in [-0.25, -0.2) is 5.43 Å². The van der Waals surface area contributed by atoms with Gasteiger partial charge in [-0.3, -0.25) is 4.79 Å². The van der Waals surface area contributed by atoms with Crippen molar-refractivity contribution >= 4 is 41.4 Å². The summed E-state index contributed by atoms with van der Waals surface area (Å²) in [6.45, 7) is 3.02. The summed E-state index contributed by atoms with van der Waals surface area (Å²) in [4.78, 5) is 13.9. The maximum absolute atomic E-state index is 11.8. The maximum Gasteiger partial charge on any atom is 0.250 e. The molecule has 3 rings (SSSR count). The molecule has 1 aromatic carbocycles. The zero-order chi connectivity index (χ0) is 18.2. The molecule has 26 heavy (non-hydrogen) atoms. The molecule has 0 atom stereocenters. The van der Waals surface area contributed by atoms with Crippen LogP contribution in [0.25, 0.3) is 0 Å². The lowest BCUT2D eigenvalue weighted by Crippen LogP contribution is -2.35. The summed E-state index contributed by atoms with van der Waals surface area (Å²) in [5, 5.41) is 4.64. The van der Waals surface area contributed by atoms with Crippen LogP contribution in [0.1, 0.15) is 11.3 Å². The predicted molar refractivity (Wildman–Crippen MR) is 105 cm³/mol.